The van der Waals surface area contributed by atoms with Crippen molar-refractivity contribution >= 4 is 40.1 Å². The van der Waals surface area contributed by atoms with Gasteiger partial charge in [0.15, 0.2) is 6.61 Å². The molecule has 0 aliphatic carbocycles. The molecule has 1 aromatic heterocycles. The number of fused-ring (bicyclic) bond motifs is 1. The fraction of sp³-hybridized carbons (Fsp3) is 0.214. The molecule has 0 saturated carbocycles. The molecule has 2 amide bonds. The van der Waals surface area contributed by atoms with E-state index in [1.54, 1.807) is 34.1 Å². The van der Waals surface area contributed by atoms with Crippen LogP contribution in [0, 0.1) is 0 Å². The van der Waals surface area contributed by atoms with E-state index >= 15 is 0 Å². The average Bonchev–Trinajstić information content (AvgIpc) is 2.91. The Balaban J connectivity index is 1.33. The van der Waals surface area contributed by atoms with Crippen LogP contribution >= 0.6 is 11.6 Å². The smallest absolute Gasteiger partial charge is 0.261 e. The van der Waals surface area contributed by atoms with Gasteiger partial charge in [0.2, 0.25) is 5.91 Å². The Kier molecular flexibility index (Phi) is 7.18. The standard InChI is InChI=1S/C28H26ClN5O3/c29-21-7-9-22(10-8-21)37-17-26(35)34-13-12-33(28(36)25(34)15-19-4-2-1-3-5-19)16-20-6-11-23-24(14-20)31-18-32-27(23)30/h1-11,14,18,25H,12-13,15-17H2,(H2,30,31,32)/t25-/m0/s1. The molecule has 2 N–H and O–H groups in total. The summed E-state index contributed by atoms with van der Waals surface area (Å²) in [6, 6.07) is 21.6. The molecule has 4 aromatic rings. The van der Waals surface area contributed by atoms with E-state index in [0.29, 0.717) is 42.6 Å². The van der Waals surface area contributed by atoms with Crippen LogP contribution in [0.25, 0.3) is 10.9 Å². The molecule has 9 heteroatoms. The number of hydrogen-bond donors (Lipinski definition) is 1. The topological polar surface area (TPSA) is 102 Å². The van der Waals surface area contributed by atoms with Crippen LogP contribution in [-0.2, 0) is 22.6 Å². The number of ether oxygens (including phenoxy) is 1. The van der Waals surface area contributed by atoms with Crippen molar-refractivity contribution in [1.29, 1.82) is 0 Å². The molecule has 1 atom stereocenters. The van der Waals surface area contributed by atoms with E-state index in [1.165, 1.54) is 6.33 Å². The van der Waals surface area contributed by atoms with Crippen LogP contribution in [0.1, 0.15) is 11.1 Å². The van der Waals surface area contributed by atoms with Crippen LogP contribution in [0.5, 0.6) is 5.75 Å². The van der Waals surface area contributed by atoms with E-state index < -0.39 is 6.04 Å². The maximum Gasteiger partial charge on any atom is 0.261 e. The fourth-order valence-corrected chi connectivity index (χ4v) is 4.66. The minimum absolute atomic E-state index is 0.0998. The van der Waals surface area contributed by atoms with Crippen LogP contribution in [-0.4, -0.2) is 57.3 Å². The molecule has 3 aromatic carbocycles. The molecule has 0 spiro atoms. The van der Waals surface area contributed by atoms with E-state index in [4.69, 9.17) is 22.1 Å². The molecule has 37 heavy (non-hydrogen) atoms. The first kappa shape index (κ1) is 24.5. The summed E-state index contributed by atoms with van der Waals surface area (Å²) in [6.07, 6.45) is 1.85. The highest BCUT2D eigenvalue weighted by Gasteiger charge is 2.37. The minimum Gasteiger partial charge on any atom is -0.484 e. The maximum absolute atomic E-state index is 13.7. The van der Waals surface area contributed by atoms with Crippen LogP contribution in [0.3, 0.4) is 0 Å². The molecular formula is C28H26ClN5O3. The predicted octanol–water partition coefficient (Wildman–Crippen LogP) is 3.73. The summed E-state index contributed by atoms with van der Waals surface area (Å²) < 4.78 is 5.69. The van der Waals surface area contributed by atoms with Gasteiger partial charge in [-0.05, 0) is 47.5 Å². The van der Waals surface area contributed by atoms with Gasteiger partial charge in [-0.3, -0.25) is 9.59 Å². The van der Waals surface area contributed by atoms with Crippen molar-refractivity contribution in [2.45, 2.75) is 19.0 Å². The molecule has 188 valence electrons. The fourth-order valence-electron chi connectivity index (χ4n) is 4.53. The first-order valence-electron chi connectivity index (χ1n) is 12.0. The second-order valence-corrected chi connectivity index (χ2v) is 9.34. The van der Waals surface area contributed by atoms with Gasteiger partial charge in [-0.2, -0.15) is 0 Å². The van der Waals surface area contributed by atoms with Crippen LogP contribution in [0.15, 0.2) is 79.1 Å². The summed E-state index contributed by atoms with van der Waals surface area (Å²) in [5.74, 6) is 0.630. The number of rotatable bonds is 7. The quantitative estimate of drug-likeness (QED) is 0.402. The summed E-state index contributed by atoms with van der Waals surface area (Å²) in [4.78, 5) is 38.7. The van der Waals surface area contributed by atoms with Crippen LogP contribution in [0.4, 0.5) is 5.82 Å². The van der Waals surface area contributed by atoms with Gasteiger partial charge in [0.05, 0.1) is 5.52 Å². The number of nitrogens with zero attached hydrogens (tertiary/aromatic N) is 4. The lowest BCUT2D eigenvalue weighted by Crippen LogP contribution is -2.60. The van der Waals surface area contributed by atoms with Crippen molar-refractivity contribution in [1.82, 2.24) is 19.8 Å². The van der Waals surface area contributed by atoms with Gasteiger partial charge in [-0.1, -0.05) is 48.0 Å². The molecule has 8 nitrogen and oxygen atoms in total. The molecule has 1 aliphatic heterocycles. The Morgan fingerprint density at radius 1 is 1.00 bits per heavy atom. The van der Waals surface area contributed by atoms with Gasteiger partial charge in [0, 0.05) is 36.5 Å². The van der Waals surface area contributed by atoms with Gasteiger partial charge < -0.3 is 20.3 Å². The molecule has 0 bridgehead atoms. The molecule has 1 saturated heterocycles. The zero-order valence-electron chi connectivity index (χ0n) is 20.1. The number of halogens is 1. The largest absolute Gasteiger partial charge is 0.484 e. The number of nitrogens with two attached hydrogens (primary N) is 1. The van der Waals surface area contributed by atoms with E-state index in [-0.39, 0.29) is 18.4 Å². The third-order valence-electron chi connectivity index (χ3n) is 6.46. The SMILES string of the molecule is Nc1ncnc2cc(CN3CCN(C(=O)COc4ccc(Cl)cc4)[C@@H](Cc4ccccc4)C3=O)ccc12. The summed E-state index contributed by atoms with van der Waals surface area (Å²) >= 11 is 5.93. The van der Waals surface area contributed by atoms with E-state index in [9.17, 15) is 9.59 Å². The number of hydrogen-bond acceptors (Lipinski definition) is 6. The predicted molar refractivity (Wildman–Crippen MR) is 142 cm³/mol. The maximum atomic E-state index is 13.7. The number of carbonyl (C=O) groups excluding carboxylic acids is 2. The first-order valence-corrected chi connectivity index (χ1v) is 12.4. The molecule has 0 radical (unpaired) electrons. The lowest BCUT2D eigenvalue weighted by molar-refractivity contribution is -0.153. The number of piperazine rings is 1. The number of benzene rings is 3. The van der Waals surface area contributed by atoms with Gasteiger partial charge >= 0.3 is 0 Å². The highest BCUT2D eigenvalue weighted by molar-refractivity contribution is 6.30. The summed E-state index contributed by atoms with van der Waals surface area (Å²) in [7, 11) is 0. The Morgan fingerprint density at radius 3 is 2.57 bits per heavy atom. The molecular weight excluding hydrogens is 490 g/mol. The molecule has 1 fully saturated rings. The number of amides is 2. The van der Waals surface area contributed by atoms with Crippen molar-refractivity contribution in [3.63, 3.8) is 0 Å². The van der Waals surface area contributed by atoms with Gasteiger partial charge in [0.1, 0.15) is 23.9 Å². The normalized spacial score (nSPS) is 15.7. The molecule has 2 heterocycles. The zero-order chi connectivity index (χ0) is 25.8. The Bertz CT molecular complexity index is 1410. The van der Waals surface area contributed by atoms with E-state index in [1.807, 2.05) is 48.5 Å². The number of anilines is 1. The van der Waals surface area contributed by atoms with Crippen LogP contribution < -0.4 is 10.5 Å². The average molecular weight is 516 g/mol. The molecule has 5 rings (SSSR count). The molecule has 1 aliphatic rings. The Morgan fingerprint density at radius 2 is 1.78 bits per heavy atom. The van der Waals surface area contributed by atoms with Crippen LogP contribution in [0.2, 0.25) is 5.02 Å². The number of aromatic nitrogens is 2. The second-order valence-electron chi connectivity index (χ2n) is 8.91. The summed E-state index contributed by atoms with van der Waals surface area (Å²) in [5.41, 5.74) is 8.59. The van der Waals surface area contributed by atoms with Crippen molar-refractivity contribution in [2.24, 2.45) is 0 Å². The third kappa shape index (κ3) is 5.65. The lowest BCUT2D eigenvalue weighted by Gasteiger charge is -2.40. The highest BCUT2D eigenvalue weighted by atomic mass is 35.5. The van der Waals surface area contributed by atoms with Crippen molar-refractivity contribution < 1.29 is 14.3 Å². The number of carbonyl (C=O) groups is 2. The summed E-state index contributed by atoms with van der Waals surface area (Å²) in [5, 5.41) is 1.36. The Labute approximate surface area is 219 Å². The Hall–Kier alpha value is -4.17. The summed E-state index contributed by atoms with van der Waals surface area (Å²) in [6.45, 7) is 1.08. The van der Waals surface area contributed by atoms with Gasteiger partial charge in [-0.15, -0.1) is 0 Å². The monoisotopic (exact) mass is 515 g/mol. The van der Waals surface area contributed by atoms with Crippen molar-refractivity contribution in [2.75, 3.05) is 25.4 Å². The molecule has 0 unspecified atom stereocenters. The van der Waals surface area contributed by atoms with E-state index in [0.717, 1.165) is 22.0 Å². The second kappa shape index (κ2) is 10.8. The highest BCUT2D eigenvalue weighted by Crippen LogP contribution is 2.23. The minimum atomic E-state index is -0.629. The van der Waals surface area contributed by atoms with E-state index in [2.05, 4.69) is 9.97 Å². The van der Waals surface area contributed by atoms with Gasteiger partial charge in [0.25, 0.3) is 5.91 Å². The first-order chi connectivity index (χ1) is 18.0. The zero-order valence-corrected chi connectivity index (χ0v) is 20.8. The number of nitrogen functional groups attached to an aromatic ring is 1. The van der Waals surface area contributed by atoms with Gasteiger partial charge in [-0.25, -0.2) is 9.97 Å². The van der Waals surface area contributed by atoms with Crippen molar-refractivity contribution in [3.8, 4) is 5.75 Å². The van der Waals surface area contributed by atoms with Crippen molar-refractivity contribution in [3.05, 3.63) is 95.3 Å². The third-order valence-corrected chi connectivity index (χ3v) is 6.71. The lowest BCUT2D eigenvalue weighted by atomic mass is 10.0.